The van der Waals surface area contributed by atoms with Gasteiger partial charge < -0.3 is 16.4 Å². The van der Waals surface area contributed by atoms with Crippen molar-refractivity contribution < 1.29 is 0 Å². The highest BCUT2D eigenvalue weighted by Crippen LogP contribution is 2.22. The van der Waals surface area contributed by atoms with Gasteiger partial charge in [0.05, 0.1) is 0 Å². The van der Waals surface area contributed by atoms with Crippen molar-refractivity contribution in [3.63, 3.8) is 0 Å². The zero-order chi connectivity index (χ0) is 9.80. The molecule has 1 saturated carbocycles. The van der Waals surface area contributed by atoms with E-state index in [0.29, 0.717) is 18.5 Å². The average molecular weight is 193 g/mol. The maximum atomic E-state index is 5.38. The summed E-state index contributed by atoms with van der Waals surface area (Å²) in [4.78, 5) is 8.44. The maximum absolute atomic E-state index is 5.38. The van der Waals surface area contributed by atoms with E-state index in [9.17, 15) is 0 Å². The van der Waals surface area contributed by atoms with Gasteiger partial charge in [0.25, 0.3) is 0 Å². The summed E-state index contributed by atoms with van der Waals surface area (Å²) >= 11 is 0. The van der Waals surface area contributed by atoms with E-state index in [1.54, 1.807) is 6.20 Å². The van der Waals surface area contributed by atoms with Crippen LogP contribution in [0.3, 0.4) is 0 Å². The van der Waals surface area contributed by atoms with Crippen LogP contribution in [0.4, 0.5) is 11.8 Å². The quantitative estimate of drug-likeness (QED) is 0.632. The summed E-state index contributed by atoms with van der Waals surface area (Å²) in [6, 6.07) is 2.42. The fourth-order valence-electron chi connectivity index (χ4n) is 1.14. The number of rotatable bonds is 5. The fourth-order valence-corrected chi connectivity index (χ4v) is 1.14. The van der Waals surface area contributed by atoms with Crippen molar-refractivity contribution in [1.82, 2.24) is 9.97 Å². The number of aromatic nitrogens is 2. The highest BCUT2D eigenvalue weighted by molar-refractivity contribution is 5.40. The van der Waals surface area contributed by atoms with Crippen molar-refractivity contribution >= 4 is 11.8 Å². The summed E-state index contributed by atoms with van der Waals surface area (Å²) in [5.74, 6) is 1.53. The zero-order valence-corrected chi connectivity index (χ0v) is 8.03. The first-order valence-corrected chi connectivity index (χ1v) is 4.92. The molecule has 1 heterocycles. The van der Waals surface area contributed by atoms with E-state index >= 15 is 0 Å². The van der Waals surface area contributed by atoms with Gasteiger partial charge in [0.2, 0.25) is 5.95 Å². The van der Waals surface area contributed by atoms with E-state index < -0.39 is 0 Å². The molecule has 0 radical (unpaired) electrons. The third-order valence-electron chi connectivity index (χ3n) is 2.02. The standard InChI is InChI=1S/C9H15N5/c10-4-6-11-8-3-5-12-9(14-8)13-7-1-2-7/h3,5,7H,1-2,4,6,10H2,(H2,11,12,13,14). The molecule has 0 amide bonds. The van der Waals surface area contributed by atoms with Crippen LogP contribution < -0.4 is 16.4 Å². The minimum Gasteiger partial charge on any atom is -0.369 e. The summed E-state index contributed by atoms with van der Waals surface area (Å²) in [6.45, 7) is 1.34. The molecule has 1 aromatic heterocycles. The van der Waals surface area contributed by atoms with Crippen LogP contribution in [0.1, 0.15) is 12.8 Å². The molecule has 0 atom stereocenters. The van der Waals surface area contributed by atoms with Gasteiger partial charge in [-0.3, -0.25) is 0 Å². The van der Waals surface area contributed by atoms with Crippen LogP contribution in [-0.4, -0.2) is 29.1 Å². The van der Waals surface area contributed by atoms with Crippen LogP contribution >= 0.6 is 0 Å². The van der Waals surface area contributed by atoms with Crippen LogP contribution in [0.15, 0.2) is 12.3 Å². The van der Waals surface area contributed by atoms with Gasteiger partial charge in [-0.1, -0.05) is 0 Å². The van der Waals surface area contributed by atoms with Gasteiger partial charge in [0.15, 0.2) is 0 Å². The molecule has 0 saturated heterocycles. The monoisotopic (exact) mass is 193 g/mol. The summed E-state index contributed by atoms with van der Waals surface area (Å²) < 4.78 is 0. The number of nitrogens with one attached hydrogen (secondary N) is 2. The minimum atomic E-state index is 0.583. The SMILES string of the molecule is NCCNc1ccnc(NC2CC2)n1. The molecule has 0 unspecified atom stereocenters. The van der Waals surface area contributed by atoms with E-state index in [-0.39, 0.29) is 0 Å². The van der Waals surface area contributed by atoms with Gasteiger partial charge in [-0.05, 0) is 18.9 Å². The van der Waals surface area contributed by atoms with Gasteiger partial charge in [-0.25, -0.2) is 4.98 Å². The van der Waals surface area contributed by atoms with Crippen molar-refractivity contribution in [2.75, 3.05) is 23.7 Å². The van der Waals surface area contributed by atoms with Crippen LogP contribution in [0.5, 0.6) is 0 Å². The lowest BCUT2D eigenvalue weighted by Crippen LogP contribution is -2.14. The third kappa shape index (κ3) is 2.56. The minimum absolute atomic E-state index is 0.583. The molecule has 76 valence electrons. The van der Waals surface area contributed by atoms with Gasteiger partial charge >= 0.3 is 0 Å². The molecule has 1 aliphatic rings. The zero-order valence-electron chi connectivity index (χ0n) is 8.03. The maximum Gasteiger partial charge on any atom is 0.224 e. The van der Waals surface area contributed by atoms with Gasteiger partial charge in [-0.2, -0.15) is 4.98 Å². The molecule has 0 aromatic carbocycles. The van der Waals surface area contributed by atoms with Crippen molar-refractivity contribution in [2.45, 2.75) is 18.9 Å². The summed E-state index contributed by atoms with van der Waals surface area (Å²) in [5.41, 5.74) is 5.38. The second kappa shape index (κ2) is 4.23. The Morgan fingerprint density at radius 3 is 3.07 bits per heavy atom. The average Bonchev–Trinajstić information content (AvgIpc) is 2.99. The lowest BCUT2D eigenvalue weighted by atomic mass is 10.5. The molecule has 5 nitrogen and oxygen atoms in total. The van der Waals surface area contributed by atoms with Crippen molar-refractivity contribution in [1.29, 1.82) is 0 Å². The van der Waals surface area contributed by atoms with E-state index in [1.807, 2.05) is 6.07 Å². The Kier molecular flexibility index (Phi) is 2.78. The molecular formula is C9H15N5. The number of nitrogens with two attached hydrogens (primary N) is 1. The Bertz CT molecular complexity index is 297. The first-order chi connectivity index (χ1) is 6.88. The summed E-state index contributed by atoms with van der Waals surface area (Å²) in [7, 11) is 0. The number of hydrogen-bond donors (Lipinski definition) is 3. The highest BCUT2D eigenvalue weighted by Gasteiger charge is 2.21. The van der Waals surface area contributed by atoms with Crippen LogP contribution in [0, 0.1) is 0 Å². The smallest absolute Gasteiger partial charge is 0.224 e. The predicted molar refractivity (Wildman–Crippen MR) is 56.2 cm³/mol. The molecule has 0 aliphatic heterocycles. The van der Waals surface area contributed by atoms with Gasteiger partial charge in [-0.15, -0.1) is 0 Å². The Balaban J connectivity index is 1.94. The Labute approximate surface area is 83.1 Å². The van der Waals surface area contributed by atoms with Crippen LogP contribution in [0.25, 0.3) is 0 Å². The summed E-state index contributed by atoms with van der Waals surface area (Å²) in [6.07, 6.45) is 4.20. The van der Waals surface area contributed by atoms with Crippen molar-refractivity contribution in [2.24, 2.45) is 5.73 Å². The Morgan fingerprint density at radius 2 is 2.36 bits per heavy atom. The topological polar surface area (TPSA) is 75.9 Å². The van der Waals surface area contributed by atoms with E-state index in [2.05, 4.69) is 20.6 Å². The second-order valence-electron chi connectivity index (χ2n) is 3.40. The number of hydrogen-bond acceptors (Lipinski definition) is 5. The Hall–Kier alpha value is -1.36. The van der Waals surface area contributed by atoms with Crippen molar-refractivity contribution in [3.8, 4) is 0 Å². The molecule has 5 heteroatoms. The molecule has 0 spiro atoms. The van der Waals surface area contributed by atoms with E-state index in [0.717, 1.165) is 12.4 Å². The highest BCUT2D eigenvalue weighted by atomic mass is 15.2. The molecular weight excluding hydrogens is 178 g/mol. The molecule has 0 bridgehead atoms. The first-order valence-electron chi connectivity index (χ1n) is 4.92. The Morgan fingerprint density at radius 1 is 1.50 bits per heavy atom. The molecule has 1 fully saturated rings. The first kappa shape index (κ1) is 9.21. The van der Waals surface area contributed by atoms with Gasteiger partial charge in [0.1, 0.15) is 5.82 Å². The van der Waals surface area contributed by atoms with Crippen LogP contribution in [0.2, 0.25) is 0 Å². The lowest BCUT2D eigenvalue weighted by Gasteiger charge is -2.06. The molecule has 1 aromatic rings. The van der Waals surface area contributed by atoms with E-state index in [1.165, 1.54) is 12.8 Å². The largest absolute Gasteiger partial charge is 0.369 e. The third-order valence-corrected chi connectivity index (χ3v) is 2.02. The van der Waals surface area contributed by atoms with Gasteiger partial charge in [0, 0.05) is 25.3 Å². The molecule has 14 heavy (non-hydrogen) atoms. The fraction of sp³-hybridized carbons (Fsp3) is 0.556. The predicted octanol–water partition coefficient (Wildman–Crippen LogP) is 0.421. The molecule has 2 rings (SSSR count). The normalized spacial score (nSPS) is 15.2. The molecule has 4 N–H and O–H groups in total. The number of anilines is 2. The van der Waals surface area contributed by atoms with Crippen LogP contribution in [-0.2, 0) is 0 Å². The summed E-state index contributed by atoms with van der Waals surface area (Å²) in [5, 5.41) is 6.35. The van der Waals surface area contributed by atoms with Crippen molar-refractivity contribution in [3.05, 3.63) is 12.3 Å². The number of nitrogens with zero attached hydrogens (tertiary/aromatic N) is 2. The lowest BCUT2D eigenvalue weighted by molar-refractivity contribution is 0.995. The second-order valence-corrected chi connectivity index (χ2v) is 3.40. The molecule has 1 aliphatic carbocycles. The van der Waals surface area contributed by atoms with E-state index in [4.69, 9.17) is 5.73 Å².